The standard InChI is InChI=1S/C19H25F3O3S/c1-19(2,3)26(24,25)11-12-4-6-13(7-5-12)16(23)10-14-8-9-15(20)18(22)17(14)21/h8-9,12-13H,4-7,10-11H2,1-3H3. The number of carbonyl (C=O) groups excluding carboxylic acids is 1. The van der Waals surface area contributed by atoms with Crippen molar-refractivity contribution in [1.82, 2.24) is 0 Å². The summed E-state index contributed by atoms with van der Waals surface area (Å²) in [7, 11) is -3.21. The Morgan fingerprint density at radius 1 is 1.04 bits per heavy atom. The Morgan fingerprint density at radius 2 is 1.62 bits per heavy atom. The number of carbonyl (C=O) groups is 1. The van der Waals surface area contributed by atoms with E-state index in [9.17, 15) is 26.4 Å². The molecule has 26 heavy (non-hydrogen) atoms. The van der Waals surface area contributed by atoms with E-state index >= 15 is 0 Å². The second-order valence-corrected chi connectivity index (χ2v) is 10.9. The third-order valence-electron chi connectivity index (χ3n) is 5.17. The van der Waals surface area contributed by atoms with Crippen LogP contribution in [-0.4, -0.2) is 24.7 Å². The molecule has 0 amide bonds. The van der Waals surface area contributed by atoms with Crippen molar-refractivity contribution in [1.29, 1.82) is 0 Å². The van der Waals surface area contributed by atoms with Gasteiger partial charge >= 0.3 is 0 Å². The van der Waals surface area contributed by atoms with Crippen LogP contribution < -0.4 is 0 Å². The van der Waals surface area contributed by atoms with Gasteiger partial charge in [0.15, 0.2) is 27.3 Å². The van der Waals surface area contributed by atoms with Crippen LogP contribution in [0.5, 0.6) is 0 Å². The van der Waals surface area contributed by atoms with Crippen LogP contribution in [0.15, 0.2) is 12.1 Å². The molecule has 0 saturated heterocycles. The summed E-state index contributed by atoms with van der Waals surface area (Å²) in [6.07, 6.45) is 2.03. The molecular weight excluding hydrogens is 365 g/mol. The molecule has 1 saturated carbocycles. The molecule has 0 unspecified atom stereocenters. The van der Waals surface area contributed by atoms with Gasteiger partial charge in [-0.1, -0.05) is 6.07 Å². The van der Waals surface area contributed by atoms with Crippen LogP contribution in [0.2, 0.25) is 0 Å². The minimum atomic E-state index is -3.21. The minimum absolute atomic E-state index is 0.0169. The first-order valence-electron chi connectivity index (χ1n) is 8.79. The van der Waals surface area contributed by atoms with Gasteiger partial charge in [-0.25, -0.2) is 21.6 Å². The topological polar surface area (TPSA) is 51.2 Å². The van der Waals surface area contributed by atoms with E-state index in [1.54, 1.807) is 20.8 Å². The first-order chi connectivity index (χ1) is 11.9. The molecule has 1 aliphatic rings. The van der Waals surface area contributed by atoms with E-state index in [4.69, 9.17) is 0 Å². The van der Waals surface area contributed by atoms with Crippen LogP contribution in [0.1, 0.15) is 52.0 Å². The number of Topliss-reactive ketones (excluding diaryl/α,β-unsaturated/α-hetero) is 1. The molecule has 0 aromatic heterocycles. The number of ketones is 1. The molecule has 146 valence electrons. The van der Waals surface area contributed by atoms with Gasteiger partial charge < -0.3 is 0 Å². The van der Waals surface area contributed by atoms with Crippen LogP contribution in [-0.2, 0) is 21.1 Å². The number of benzene rings is 1. The van der Waals surface area contributed by atoms with E-state index in [0.29, 0.717) is 25.7 Å². The molecule has 0 radical (unpaired) electrons. The zero-order valence-corrected chi connectivity index (χ0v) is 16.1. The highest BCUT2D eigenvalue weighted by atomic mass is 32.2. The van der Waals surface area contributed by atoms with Gasteiger partial charge in [0.05, 0.1) is 10.5 Å². The lowest BCUT2D eigenvalue weighted by molar-refractivity contribution is -0.123. The Hall–Kier alpha value is -1.37. The van der Waals surface area contributed by atoms with Crippen molar-refractivity contribution < 1.29 is 26.4 Å². The maximum atomic E-state index is 13.7. The molecule has 0 N–H and O–H groups in total. The van der Waals surface area contributed by atoms with Gasteiger partial charge in [-0.3, -0.25) is 4.79 Å². The van der Waals surface area contributed by atoms with Crippen molar-refractivity contribution in [3.05, 3.63) is 35.1 Å². The van der Waals surface area contributed by atoms with E-state index in [1.807, 2.05) is 0 Å². The predicted octanol–water partition coefficient (Wildman–Crippen LogP) is 4.24. The van der Waals surface area contributed by atoms with Crippen LogP contribution in [0, 0.1) is 29.3 Å². The van der Waals surface area contributed by atoms with Crippen molar-refractivity contribution in [3.63, 3.8) is 0 Å². The van der Waals surface area contributed by atoms with Crippen molar-refractivity contribution in [2.24, 2.45) is 11.8 Å². The molecule has 1 fully saturated rings. The molecule has 0 aliphatic heterocycles. The fraction of sp³-hybridized carbons (Fsp3) is 0.632. The summed E-state index contributed by atoms with van der Waals surface area (Å²) in [5, 5.41) is 0. The smallest absolute Gasteiger partial charge is 0.194 e. The molecule has 7 heteroatoms. The number of halogens is 3. The third-order valence-corrected chi connectivity index (χ3v) is 7.95. The summed E-state index contributed by atoms with van der Waals surface area (Å²) >= 11 is 0. The molecule has 2 rings (SSSR count). The number of hydrogen-bond acceptors (Lipinski definition) is 3. The van der Waals surface area contributed by atoms with Crippen LogP contribution in [0.3, 0.4) is 0 Å². The summed E-state index contributed by atoms with van der Waals surface area (Å²) in [4.78, 5) is 12.4. The van der Waals surface area contributed by atoms with Gasteiger partial charge in [0.2, 0.25) is 0 Å². The first-order valence-corrected chi connectivity index (χ1v) is 10.4. The number of sulfone groups is 1. The van der Waals surface area contributed by atoms with Gasteiger partial charge in [-0.05, 0) is 64.0 Å². The molecule has 1 aromatic carbocycles. The number of rotatable bonds is 5. The Labute approximate surface area is 152 Å². The summed E-state index contributed by atoms with van der Waals surface area (Å²) in [5.74, 6) is -4.55. The van der Waals surface area contributed by atoms with Crippen molar-refractivity contribution in [2.45, 2.75) is 57.6 Å². The van der Waals surface area contributed by atoms with Crippen LogP contribution in [0.4, 0.5) is 13.2 Å². The highest BCUT2D eigenvalue weighted by Crippen LogP contribution is 2.33. The van der Waals surface area contributed by atoms with E-state index in [2.05, 4.69) is 0 Å². The molecule has 0 heterocycles. The van der Waals surface area contributed by atoms with Crippen molar-refractivity contribution in [2.75, 3.05) is 5.75 Å². The Bertz CT molecular complexity index is 774. The zero-order valence-electron chi connectivity index (χ0n) is 15.3. The lowest BCUT2D eigenvalue weighted by atomic mass is 9.79. The third kappa shape index (κ3) is 4.67. The molecular formula is C19H25F3O3S. The number of hydrogen-bond donors (Lipinski definition) is 0. The van der Waals surface area contributed by atoms with Crippen molar-refractivity contribution >= 4 is 15.6 Å². The summed E-state index contributed by atoms with van der Waals surface area (Å²) < 4.78 is 63.7. The lowest BCUT2D eigenvalue weighted by Gasteiger charge is -2.30. The first kappa shape index (κ1) is 20.9. The highest BCUT2D eigenvalue weighted by Gasteiger charge is 2.34. The SMILES string of the molecule is CC(C)(C)S(=O)(=O)CC1CCC(C(=O)Cc2ccc(F)c(F)c2F)CC1. The molecule has 1 aliphatic carbocycles. The Kier molecular flexibility index (Phi) is 6.20. The highest BCUT2D eigenvalue weighted by molar-refractivity contribution is 7.92. The van der Waals surface area contributed by atoms with E-state index < -0.39 is 32.0 Å². The maximum absolute atomic E-state index is 13.7. The summed E-state index contributed by atoms with van der Waals surface area (Å²) in [6, 6.07) is 1.91. The van der Waals surface area contributed by atoms with E-state index in [-0.39, 0.29) is 35.4 Å². The summed E-state index contributed by atoms with van der Waals surface area (Å²) in [6.45, 7) is 5.02. The largest absolute Gasteiger partial charge is 0.299 e. The van der Waals surface area contributed by atoms with Crippen LogP contribution in [0.25, 0.3) is 0 Å². The minimum Gasteiger partial charge on any atom is -0.299 e. The van der Waals surface area contributed by atoms with Gasteiger partial charge in [0.25, 0.3) is 0 Å². The molecule has 1 aromatic rings. The average molecular weight is 390 g/mol. The van der Waals surface area contributed by atoms with Gasteiger partial charge in [-0.15, -0.1) is 0 Å². The fourth-order valence-corrected chi connectivity index (χ4v) is 4.70. The summed E-state index contributed by atoms with van der Waals surface area (Å²) in [5.41, 5.74) is -0.147. The van der Waals surface area contributed by atoms with Gasteiger partial charge in [0.1, 0.15) is 5.78 Å². The lowest BCUT2D eigenvalue weighted by Crippen LogP contribution is -2.35. The average Bonchev–Trinajstić information content (AvgIpc) is 2.54. The van der Waals surface area contributed by atoms with E-state index in [1.165, 1.54) is 0 Å². The van der Waals surface area contributed by atoms with Crippen molar-refractivity contribution in [3.8, 4) is 0 Å². The fourth-order valence-electron chi connectivity index (χ4n) is 3.25. The normalized spacial score (nSPS) is 21.6. The van der Waals surface area contributed by atoms with Gasteiger partial charge in [0, 0.05) is 12.3 Å². The van der Waals surface area contributed by atoms with Gasteiger partial charge in [-0.2, -0.15) is 0 Å². The van der Waals surface area contributed by atoms with E-state index in [0.717, 1.165) is 12.1 Å². The second-order valence-electron chi connectivity index (χ2n) is 8.09. The predicted molar refractivity (Wildman–Crippen MR) is 94.0 cm³/mol. The second kappa shape index (κ2) is 7.71. The quantitative estimate of drug-likeness (QED) is 0.707. The van der Waals surface area contributed by atoms with Crippen LogP contribution >= 0.6 is 0 Å². The molecule has 0 spiro atoms. The Morgan fingerprint density at radius 3 is 2.15 bits per heavy atom. The zero-order chi connectivity index (χ0) is 19.7. The Balaban J connectivity index is 1.94. The molecule has 0 bridgehead atoms. The molecule has 0 atom stereocenters. The monoisotopic (exact) mass is 390 g/mol. The molecule has 3 nitrogen and oxygen atoms in total. The maximum Gasteiger partial charge on any atom is 0.194 e.